The average molecular weight is 1140 g/mol. The number of carbonyl (C=O) groups excluding carboxylic acids is 1. The summed E-state index contributed by atoms with van der Waals surface area (Å²) in [7, 11) is -6.04. The summed E-state index contributed by atoms with van der Waals surface area (Å²) < 4.78 is 65.6. The van der Waals surface area contributed by atoms with Crippen molar-refractivity contribution in [3.63, 3.8) is 0 Å². The second-order valence-corrected chi connectivity index (χ2v) is 41.6. The average Bonchev–Trinajstić information content (AvgIpc) is 3.53. The third kappa shape index (κ3) is 15.7. The van der Waals surface area contributed by atoms with E-state index < -0.39 is 66.7 Å². The molecule has 4 aromatic rings. The van der Waals surface area contributed by atoms with Crippen molar-refractivity contribution in [3.05, 3.63) is 132 Å². The van der Waals surface area contributed by atoms with Gasteiger partial charge in [0.1, 0.15) is 24.9 Å². The van der Waals surface area contributed by atoms with Crippen molar-refractivity contribution in [2.45, 2.75) is 226 Å². The van der Waals surface area contributed by atoms with E-state index in [1.807, 2.05) is 57.2 Å². The third-order valence-corrected chi connectivity index (χ3v) is 31.8. The molecule has 6 rings (SSSR count). The normalized spacial score (nSPS) is 25.2. The van der Waals surface area contributed by atoms with Crippen LogP contribution >= 0.6 is 0 Å². The Kier molecular flexibility index (Phi) is 21.8. The Bertz CT molecular complexity index is 2430. The highest BCUT2D eigenvalue weighted by atomic mass is 28.4. The molecule has 0 aromatic heterocycles. The van der Waals surface area contributed by atoms with E-state index in [0.717, 1.165) is 30.4 Å². The first kappa shape index (κ1) is 64.8. The number of hydrogen-bond donors (Lipinski definition) is 0. The van der Waals surface area contributed by atoms with Crippen LogP contribution in [0, 0.1) is 17.3 Å². The van der Waals surface area contributed by atoms with Gasteiger partial charge in [-0.25, -0.2) is 0 Å². The zero-order valence-corrected chi connectivity index (χ0v) is 55.0. The van der Waals surface area contributed by atoms with Crippen molar-refractivity contribution in [1.29, 1.82) is 0 Å². The smallest absolute Gasteiger partial charge is 0.311 e. The van der Waals surface area contributed by atoms with Crippen molar-refractivity contribution in [1.82, 2.24) is 0 Å². The van der Waals surface area contributed by atoms with Gasteiger partial charge < -0.3 is 41.7 Å². The van der Waals surface area contributed by atoms with Gasteiger partial charge in [0, 0.05) is 32.0 Å². The monoisotopic (exact) mass is 1140 g/mol. The minimum absolute atomic E-state index is 0.0236. The maximum Gasteiger partial charge on any atom is 0.311 e. The first-order valence-corrected chi connectivity index (χ1v) is 37.1. The minimum atomic E-state index is -2.74. The van der Waals surface area contributed by atoms with Gasteiger partial charge in [-0.3, -0.25) is 4.79 Å². The van der Waals surface area contributed by atoms with Crippen molar-refractivity contribution in [2.24, 2.45) is 17.3 Å². The van der Waals surface area contributed by atoms with Crippen LogP contribution in [0.3, 0.4) is 0 Å². The van der Waals surface area contributed by atoms with Gasteiger partial charge in [0.2, 0.25) is 0 Å². The SMILES string of the molecule is CO[C@]1([C@@H](O[Si](C)(C)C(C)(C)C)[C@@H]2O[C@H](COC(=O)C(C)(C)C)[C@@H](OCc3ccccc3)[C@H](OCc3ccccc3)[C@H]2C)CC(O[Si](C)(C)C(C)(C)C)[C@@H](C)[C@@H](CCCCO[Si](c2ccccc2)(c2ccccc2)C(C)(C)C)O1. The van der Waals surface area contributed by atoms with E-state index >= 15 is 0 Å². The van der Waals surface area contributed by atoms with E-state index in [0.29, 0.717) is 26.2 Å². The molecular formula is C66H102O10Si3. The van der Waals surface area contributed by atoms with Crippen LogP contribution in [-0.2, 0) is 59.7 Å². The number of esters is 1. The molecule has 10 atom stereocenters. The van der Waals surface area contributed by atoms with Gasteiger partial charge >= 0.3 is 5.97 Å². The largest absolute Gasteiger partial charge is 0.462 e. The Morgan fingerprint density at radius 3 is 1.56 bits per heavy atom. The lowest BCUT2D eigenvalue weighted by Gasteiger charge is -2.57. The molecule has 0 N–H and O–H groups in total. The Morgan fingerprint density at radius 1 is 0.620 bits per heavy atom. The van der Waals surface area contributed by atoms with Crippen LogP contribution in [0.25, 0.3) is 0 Å². The summed E-state index contributed by atoms with van der Waals surface area (Å²) in [5, 5.41) is 2.16. The van der Waals surface area contributed by atoms with Crippen LogP contribution in [0.1, 0.15) is 134 Å². The second-order valence-electron chi connectivity index (χ2n) is 27.8. The van der Waals surface area contributed by atoms with E-state index in [4.69, 9.17) is 41.7 Å². The first-order valence-electron chi connectivity index (χ1n) is 29.3. The quantitative estimate of drug-likeness (QED) is 0.0405. The maximum absolute atomic E-state index is 13.7. The fraction of sp³-hybridized carbons (Fsp3) is 0.621. The summed E-state index contributed by atoms with van der Waals surface area (Å²) in [6.07, 6.45) is -0.968. The zero-order valence-electron chi connectivity index (χ0n) is 52.0. The summed E-state index contributed by atoms with van der Waals surface area (Å²) in [4.78, 5) is 13.7. The number of rotatable bonds is 23. The number of unbranched alkanes of at least 4 members (excludes halogenated alkanes) is 1. The Balaban J connectivity index is 1.43. The molecule has 0 amide bonds. The number of ether oxygens (including phenoxy) is 6. The summed E-state index contributed by atoms with van der Waals surface area (Å²) in [5.74, 6) is -1.97. The van der Waals surface area contributed by atoms with Crippen molar-refractivity contribution < 1.29 is 46.5 Å². The van der Waals surface area contributed by atoms with Gasteiger partial charge in [-0.2, -0.15) is 0 Å². The summed E-state index contributed by atoms with van der Waals surface area (Å²) >= 11 is 0. The standard InChI is InChI=1S/C66H102O10Si3/c1-48-54(42-32-33-43-72-79(65(12,13)14,52-38-28-22-29-39-52)53-40-30-23-31-41-53)74-66(68-15,44-55(48)75-77(16,17)63(6,7)8)60(76-78(18,19)64(9,10)11)58-49(2)57(69-45-50-34-24-20-25-35-50)59(70-46-51-36-26-21-27-37-51)56(73-58)47-71-61(67)62(3,4)5/h20-31,34-41,48-49,54-60H,32-33,42-47H2,1-19H3/t48-,49+,54+,55?,56+,57+,58+,59+,60-,66+/m0/s1. The molecule has 10 nitrogen and oxygen atoms in total. The van der Waals surface area contributed by atoms with Crippen molar-refractivity contribution in [3.8, 4) is 0 Å². The van der Waals surface area contributed by atoms with Gasteiger partial charge in [-0.15, -0.1) is 0 Å². The Morgan fingerprint density at radius 2 is 1.10 bits per heavy atom. The molecule has 0 radical (unpaired) electrons. The molecule has 1 unspecified atom stereocenters. The molecule has 2 fully saturated rings. The highest BCUT2D eigenvalue weighted by molar-refractivity contribution is 6.99. The van der Waals surface area contributed by atoms with Crippen LogP contribution < -0.4 is 10.4 Å². The molecule has 0 saturated carbocycles. The maximum atomic E-state index is 13.7. The fourth-order valence-electron chi connectivity index (χ4n) is 10.8. The second kappa shape index (κ2) is 26.5. The predicted octanol–water partition coefficient (Wildman–Crippen LogP) is 14.4. The molecule has 4 aromatic carbocycles. The number of benzene rings is 4. The van der Waals surface area contributed by atoms with Crippen LogP contribution in [0.5, 0.6) is 0 Å². The van der Waals surface area contributed by atoms with Crippen LogP contribution in [0.2, 0.25) is 41.3 Å². The number of carbonyl (C=O) groups is 1. The van der Waals surface area contributed by atoms with E-state index in [2.05, 4.69) is 187 Å². The molecule has 0 bridgehead atoms. The van der Waals surface area contributed by atoms with Gasteiger partial charge in [0.25, 0.3) is 8.32 Å². The van der Waals surface area contributed by atoms with Gasteiger partial charge in [-0.05, 0) is 103 Å². The highest BCUT2D eigenvalue weighted by Gasteiger charge is 2.61. The van der Waals surface area contributed by atoms with Gasteiger partial charge in [-0.1, -0.05) is 197 Å². The lowest BCUT2D eigenvalue weighted by molar-refractivity contribution is -0.357. The zero-order chi connectivity index (χ0) is 58.2. The minimum Gasteiger partial charge on any atom is -0.462 e. The molecule has 2 aliphatic heterocycles. The number of methoxy groups -OCH3 is 1. The molecule has 0 aliphatic carbocycles. The lowest BCUT2D eigenvalue weighted by Crippen LogP contribution is -2.69. The van der Waals surface area contributed by atoms with Gasteiger partial charge in [0.15, 0.2) is 22.4 Å². The fourth-order valence-corrected chi connectivity index (χ4v) is 18.2. The van der Waals surface area contributed by atoms with Crippen LogP contribution in [0.4, 0.5) is 0 Å². The third-order valence-electron chi connectivity index (χ3n) is 17.8. The van der Waals surface area contributed by atoms with Crippen LogP contribution in [-0.4, -0.2) is 99.8 Å². The lowest BCUT2D eigenvalue weighted by atomic mass is 9.79. The van der Waals surface area contributed by atoms with Crippen molar-refractivity contribution in [2.75, 3.05) is 20.3 Å². The molecule has 2 saturated heterocycles. The summed E-state index contributed by atoms with van der Waals surface area (Å²) in [6, 6.07) is 42.1. The summed E-state index contributed by atoms with van der Waals surface area (Å²) in [6.45, 7) is 41.2. The molecule has 438 valence electrons. The Labute approximate surface area is 481 Å². The molecular weight excluding hydrogens is 1040 g/mol. The molecule has 2 aliphatic rings. The molecule has 2 heterocycles. The topological polar surface area (TPSA) is 100 Å². The van der Waals surface area contributed by atoms with E-state index in [-0.39, 0.29) is 51.7 Å². The van der Waals surface area contributed by atoms with Crippen molar-refractivity contribution >= 4 is 41.3 Å². The highest BCUT2D eigenvalue weighted by Crippen LogP contribution is 2.50. The number of hydrogen-bond acceptors (Lipinski definition) is 10. The molecule has 13 heteroatoms. The first-order chi connectivity index (χ1) is 36.9. The van der Waals surface area contributed by atoms with E-state index in [1.54, 1.807) is 7.11 Å². The van der Waals surface area contributed by atoms with E-state index in [1.165, 1.54) is 10.4 Å². The van der Waals surface area contributed by atoms with E-state index in [9.17, 15) is 4.79 Å². The predicted molar refractivity (Wildman–Crippen MR) is 328 cm³/mol. The van der Waals surface area contributed by atoms with Crippen LogP contribution in [0.15, 0.2) is 121 Å². The van der Waals surface area contributed by atoms with Gasteiger partial charge in [0.05, 0.1) is 43.0 Å². The Hall–Kier alpha value is -3.32. The molecule has 0 spiro atoms. The molecule has 79 heavy (non-hydrogen) atoms. The summed E-state index contributed by atoms with van der Waals surface area (Å²) in [5.41, 5.74) is 1.31.